The second-order valence-corrected chi connectivity index (χ2v) is 7.44. The van der Waals surface area contributed by atoms with Crippen LogP contribution in [0.15, 0.2) is 61.2 Å². The van der Waals surface area contributed by atoms with Gasteiger partial charge in [0.1, 0.15) is 5.75 Å². The van der Waals surface area contributed by atoms with E-state index < -0.39 is 5.97 Å². The molecule has 0 saturated heterocycles. The molecule has 1 aromatic heterocycles. The standard InChI is InChI=1S/C26H24N2O4/c1-3-14-27-23(29)16-32-26(30)24-20-6-4-5-7-22(20)28-25-18(10-13-21(24)25)15-17-8-11-19(31-2)12-9-17/h3-9,11-12,15H,1,10,13-14,16H2,2H3,(H,27,29)/b18-15-. The van der Waals surface area contributed by atoms with Crippen molar-refractivity contribution in [3.05, 3.63) is 83.6 Å². The number of rotatable bonds is 7. The second-order valence-electron chi connectivity index (χ2n) is 7.44. The van der Waals surface area contributed by atoms with E-state index in [0.717, 1.165) is 45.5 Å². The summed E-state index contributed by atoms with van der Waals surface area (Å²) >= 11 is 0. The molecular weight excluding hydrogens is 404 g/mol. The SMILES string of the molecule is C=CCNC(=O)COC(=O)c1c2c(nc3ccccc13)/C(=C\c1ccc(OC)cc1)CC2. The summed E-state index contributed by atoms with van der Waals surface area (Å²) in [4.78, 5) is 29.8. The number of fused-ring (bicyclic) bond motifs is 2. The molecule has 1 aliphatic carbocycles. The third-order valence-corrected chi connectivity index (χ3v) is 5.38. The quantitative estimate of drug-likeness (QED) is 0.451. The van der Waals surface area contributed by atoms with E-state index in [2.05, 4.69) is 18.0 Å². The molecule has 0 fully saturated rings. The molecule has 0 spiro atoms. The Morgan fingerprint density at radius 2 is 1.91 bits per heavy atom. The molecule has 1 aliphatic rings. The number of carbonyl (C=O) groups is 2. The van der Waals surface area contributed by atoms with Gasteiger partial charge in [-0.3, -0.25) is 4.79 Å². The summed E-state index contributed by atoms with van der Waals surface area (Å²) < 4.78 is 10.6. The first kappa shape index (κ1) is 21.3. The summed E-state index contributed by atoms with van der Waals surface area (Å²) in [5.41, 5.74) is 4.97. The summed E-state index contributed by atoms with van der Waals surface area (Å²) in [5.74, 6) is -0.0853. The predicted octanol–water partition coefficient (Wildman–Crippen LogP) is 4.19. The van der Waals surface area contributed by atoms with Gasteiger partial charge >= 0.3 is 5.97 Å². The van der Waals surface area contributed by atoms with Crippen molar-refractivity contribution >= 4 is 34.4 Å². The first-order chi connectivity index (χ1) is 15.6. The first-order valence-corrected chi connectivity index (χ1v) is 10.4. The van der Waals surface area contributed by atoms with Gasteiger partial charge in [-0.1, -0.05) is 36.4 Å². The fraction of sp³-hybridized carbons (Fsp3) is 0.192. The molecule has 1 amide bonds. The van der Waals surface area contributed by atoms with Crippen LogP contribution in [0, 0.1) is 0 Å². The normalized spacial score (nSPS) is 13.6. The van der Waals surface area contributed by atoms with Gasteiger partial charge in [0, 0.05) is 11.9 Å². The van der Waals surface area contributed by atoms with Gasteiger partial charge in [-0.2, -0.15) is 0 Å². The van der Waals surface area contributed by atoms with Crippen LogP contribution in [0.2, 0.25) is 0 Å². The smallest absolute Gasteiger partial charge is 0.339 e. The molecule has 162 valence electrons. The summed E-state index contributed by atoms with van der Waals surface area (Å²) in [5, 5.41) is 3.34. The lowest BCUT2D eigenvalue weighted by molar-refractivity contribution is -0.124. The first-order valence-electron chi connectivity index (χ1n) is 10.4. The minimum atomic E-state index is -0.515. The highest BCUT2D eigenvalue weighted by Crippen LogP contribution is 2.37. The summed E-state index contributed by atoms with van der Waals surface area (Å²) in [7, 11) is 1.64. The number of carbonyl (C=O) groups excluding carboxylic acids is 2. The lowest BCUT2D eigenvalue weighted by Crippen LogP contribution is -2.29. The van der Waals surface area contributed by atoms with Gasteiger partial charge in [0.25, 0.3) is 5.91 Å². The molecule has 6 heteroatoms. The van der Waals surface area contributed by atoms with E-state index in [4.69, 9.17) is 14.5 Å². The zero-order chi connectivity index (χ0) is 22.5. The fourth-order valence-electron chi connectivity index (χ4n) is 3.85. The molecule has 0 radical (unpaired) electrons. The van der Waals surface area contributed by atoms with Crippen LogP contribution in [0.25, 0.3) is 22.6 Å². The number of ether oxygens (including phenoxy) is 2. The van der Waals surface area contributed by atoms with Crippen molar-refractivity contribution in [2.75, 3.05) is 20.3 Å². The number of methoxy groups -OCH3 is 1. The van der Waals surface area contributed by atoms with Crippen LogP contribution in [0.4, 0.5) is 0 Å². The molecule has 0 unspecified atom stereocenters. The molecule has 32 heavy (non-hydrogen) atoms. The van der Waals surface area contributed by atoms with E-state index in [1.807, 2.05) is 48.5 Å². The number of nitrogens with zero attached hydrogens (tertiary/aromatic N) is 1. The van der Waals surface area contributed by atoms with Crippen LogP contribution in [0.1, 0.15) is 33.6 Å². The number of hydrogen-bond donors (Lipinski definition) is 1. The Labute approximate surface area is 186 Å². The number of para-hydroxylation sites is 1. The molecule has 1 heterocycles. The van der Waals surface area contributed by atoms with Gasteiger partial charge in [0.2, 0.25) is 0 Å². The third-order valence-electron chi connectivity index (χ3n) is 5.38. The zero-order valence-corrected chi connectivity index (χ0v) is 17.9. The Morgan fingerprint density at radius 1 is 1.12 bits per heavy atom. The molecule has 1 N–H and O–H groups in total. The van der Waals surface area contributed by atoms with E-state index in [9.17, 15) is 9.59 Å². The number of pyridine rings is 1. The Morgan fingerprint density at radius 3 is 2.66 bits per heavy atom. The lowest BCUT2D eigenvalue weighted by Gasteiger charge is -2.12. The maximum absolute atomic E-state index is 13.0. The van der Waals surface area contributed by atoms with Crippen molar-refractivity contribution in [3.63, 3.8) is 0 Å². The molecule has 0 aliphatic heterocycles. The third kappa shape index (κ3) is 4.39. The van der Waals surface area contributed by atoms with Crippen molar-refractivity contribution in [1.29, 1.82) is 0 Å². The molecular formula is C26H24N2O4. The molecule has 0 bridgehead atoms. The number of benzene rings is 2. The molecule has 4 rings (SSSR count). The molecule has 0 atom stereocenters. The summed E-state index contributed by atoms with van der Waals surface area (Å²) in [6, 6.07) is 15.3. The Bertz CT molecular complexity index is 1210. The topological polar surface area (TPSA) is 77.5 Å². The van der Waals surface area contributed by atoms with Crippen LogP contribution in [0.3, 0.4) is 0 Å². The number of aromatic nitrogens is 1. The van der Waals surface area contributed by atoms with Crippen LogP contribution in [-0.2, 0) is 16.0 Å². The fourth-order valence-corrected chi connectivity index (χ4v) is 3.85. The summed E-state index contributed by atoms with van der Waals surface area (Å²) in [6.07, 6.45) is 5.11. The van der Waals surface area contributed by atoms with Crippen molar-refractivity contribution < 1.29 is 19.1 Å². The predicted molar refractivity (Wildman–Crippen MR) is 124 cm³/mol. The van der Waals surface area contributed by atoms with Crippen molar-refractivity contribution in [2.24, 2.45) is 0 Å². The number of amides is 1. The maximum Gasteiger partial charge on any atom is 0.339 e. The van der Waals surface area contributed by atoms with Crippen molar-refractivity contribution in [2.45, 2.75) is 12.8 Å². The largest absolute Gasteiger partial charge is 0.497 e. The Kier molecular flexibility index (Phi) is 6.31. The molecule has 3 aromatic rings. The number of hydrogen-bond acceptors (Lipinski definition) is 5. The maximum atomic E-state index is 13.0. The van der Waals surface area contributed by atoms with Gasteiger partial charge in [0.05, 0.1) is 23.9 Å². The van der Waals surface area contributed by atoms with E-state index in [-0.39, 0.29) is 12.5 Å². The van der Waals surface area contributed by atoms with Crippen LogP contribution >= 0.6 is 0 Å². The van der Waals surface area contributed by atoms with E-state index >= 15 is 0 Å². The van der Waals surface area contributed by atoms with Gasteiger partial charge in [0.15, 0.2) is 6.61 Å². The lowest BCUT2D eigenvalue weighted by atomic mass is 10.0. The Hall–Kier alpha value is -3.93. The molecule has 0 saturated carbocycles. The monoisotopic (exact) mass is 428 g/mol. The number of nitrogens with one attached hydrogen (secondary N) is 1. The van der Waals surface area contributed by atoms with E-state index in [1.165, 1.54) is 0 Å². The van der Waals surface area contributed by atoms with Crippen LogP contribution in [0.5, 0.6) is 5.75 Å². The Balaban J connectivity index is 1.69. The summed E-state index contributed by atoms with van der Waals surface area (Å²) in [6.45, 7) is 3.54. The highest BCUT2D eigenvalue weighted by Gasteiger charge is 2.27. The minimum Gasteiger partial charge on any atom is -0.497 e. The average molecular weight is 428 g/mol. The van der Waals surface area contributed by atoms with Crippen molar-refractivity contribution in [3.8, 4) is 5.75 Å². The highest BCUT2D eigenvalue weighted by atomic mass is 16.5. The van der Waals surface area contributed by atoms with E-state index in [1.54, 1.807) is 13.2 Å². The molecule has 6 nitrogen and oxygen atoms in total. The van der Waals surface area contributed by atoms with Gasteiger partial charge in [-0.15, -0.1) is 6.58 Å². The number of esters is 1. The highest BCUT2D eigenvalue weighted by molar-refractivity contribution is 6.07. The van der Waals surface area contributed by atoms with Crippen LogP contribution in [-0.4, -0.2) is 37.1 Å². The van der Waals surface area contributed by atoms with Crippen LogP contribution < -0.4 is 10.1 Å². The zero-order valence-electron chi connectivity index (χ0n) is 17.9. The van der Waals surface area contributed by atoms with E-state index in [0.29, 0.717) is 18.5 Å². The van der Waals surface area contributed by atoms with Crippen molar-refractivity contribution in [1.82, 2.24) is 10.3 Å². The second kappa shape index (κ2) is 9.47. The minimum absolute atomic E-state index is 0.323. The van der Waals surface area contributed by atoms with Gasteiger partial charge in [-0.25, -0.2) is 9.78 Å². The van der Waals surface area contributed by atoms with Gasteiger partial charge < -0.3 is 14.8 Å². The van der Waals surface area contributed by atoms with Gasteiger partial charge in [-0.05, 0) is 53.8 Å². The molecule has 2 aromatic carbocycles. The number of allylic oxidation sites excluding steroid dienone is 1. The average Bonchev–Trinajstić information content (AvgIpc) is 3.22.